The molecule has 0 saturated carbocycles. The Morgan fingerprint density at radius 1 is 0.143 bits per heavy atom. The summed E-state index contributed by atoms with van der Waals surface area (Å²) >= 11 is 0. The fourth-order valence-electron chi connectivity index (χ4n) is 8.98. The van der Waals surface area contributed by atoms with Crippen LogP contribution in [0.1, 0.15) is 27.8 Å². The van der Waals surface area contributed by atoms with Crippen molar-refractivity contribution in [2.75, 3.05) is 0 Å². The fourth-order valence-corrected chi connectivity index (χ4v) is 8.98. The summed E-state index contributed by atoms with van der Waals surface area (Å²) < 4.78 is 0. The molecule has 0 aliphatic rings. The number of aryl methyl sites for hydroxylation is 5. The molecule has 77 heavy (non-hydrogen) atoms. The SMILES string of the molecule is Cc1cc(-c2ccccc2)cc(-c2ccccc2)c1.Cc1ccc(-c2cccc(-c3ccccc3)c2)cc1.Cc1ccc(-c2ccccc2)cc1.Cc1cccc(-c2ccccc2)c1.Cc1ccccc1-c1ccccc1. The third kappa shape index (κ3) is 16.6. The Balaban J connectivity index is 0.000000129. The van der Waals surface area contributed by atoms with Crippen LogP contribution < -0.4 is 0 Å². The van der Waals surface area contributed by atoms with E-state index in [4.69, 9.17) is 0 Å². The van der Waals surface area contributed by atoms with Crippen LogP contribution in [-0.4, -0.2) is 0 Å². The molecule has 0 fully saturated rings. The average molecular weight is 993 g/mol. The lowest BCUT2D eigenvalue weighted by molar-refractivity contribution is 1.46. The van der Waals surface area contributed by atoms with Gasteiger partial charge in [-0.3, -0.25) is 0 Å². The molecule has 0 spiro atoms. The summed E-state index contributed by atoms with van der Waals surface area (Å²) in [7, 11) is 0. The molecule has 0 aliphatic carbocycles. The lowest BCUT2D eigenvalue weighted by atomic mass is 9.97. The van der Waals surface area contributed by atoms with Gasteiger partial charge in [0.05, 0.1) is 0 Å². The average Bonchev–Trinajstić information content (AvgIpc) is 3.50. The van der Waals surface area contributed by atoms with Gasteiger partial charge in [0, 0.05) is 0 Å². The van der Waals surface area contributed by atoms with Crippen molar-refractivity contribution in [3.63, 3.8) is 0 Å². The van der Waals surface area contributed by atoms with Crippen molar-refractivity contribution < 1.29 is 0 Å². The van der Waals surface area contributed by atoms with Crippen LogP contribution in [0.25, 0.3) is 77.9 Å². The minimum atomic E-state index is 1.26. The van der Waals surface area contributed by atoms with Crippen LogP contribution in [-0.2, 0) is 0 Å². The summed E-state index contributed by atoms with van der Waals surface area (Å²) in [6.45, 7) is 10.6. The molecule has 0 aromatic heterocycles. The Kier molecular flexibility index (Phi) is 19.9. The van der Waals surface area contributed by atoms with Gasteiger partial charge in [0.25, 0.3) is 0 Å². The Hall–Kier alpha value is -9.36. The van der Waals surface area contributed by atoms with E-state index in [1.165, 1.54) is 106 Å². The standard InChI is InChI=1S/2C19H16.3C13H12/c1-15-12-18(16-8-4-2-5-9-16)14-19(13-15)17-10-6-3-7-11-17;1-15-10-12-17(13-11-15)19-9-5-8-18(14-19)16-6-3-2-4-7-16;1-11-7-5-6-10-13(11)12-8-3-2-4-9-12;1-11-6-5-9-13(10-11)12-7-3-2-4-8-12;1-11-7-9-13(10-8-11)12-5-3-2-4-6-12/h2*2-14H,1H3;3*2-10H,1H3. The van der Waals surface area contributed by atoms with Gasteiger partial charge in [-0.05, 0) is 136 Å². The highest BCUT2D eigenvalue weighted by atomic mass is 14.1. The molecule has 0 heteroatoms. The smallest absolute Gasteiger partial charge is 0.0155 e. The van der Waals surface area contributed by atoms with Crippen LogP contribution in [0, 0.1) is 34.6 Å². The van der Waals surface area contributed by atoms with Gasteiger partial charge in [-0.2, -0.15) is 0 Å². The van der Waals surface area contributed by atoms with Gasteiger partial charge in [-0.1, -0.05) is 326 Å². The van der Waals surface area contributed by atoms with Crippen molar-refractivity contribution in [2.45, 2.75) is 34.6 Å². The molecule has 12 aromatic rings. The first kappa shape index (κ1) is 53.9. The Bertz CT molecular complexity index is 3550. The summed E-state index contributed by atoms with van der Waals surface area (Å²) in [4.78, 5) is 0. The third-order valence-electron chi connectivity index (χ3n) is 13.2. The lowest BCUT2D eigenvalue weighted by Crippen LogP contribution is -1.84. The van der Waals surface area contributed by atoms with Gasteiger partial charge in [0.2, 0.25) is 0 Å². The van der Waals surface area contributed by atoms with Crippen LogP contribution in [0.3, 0.4) is 0 Å². The Morgan fingerprint density at radius 2 is 0.403 bits per heavy atom. The van der Waals surface area contributed by atoms with Crippen molar-refractivity contribution in [3.8, 4) is 77.9 Å². The minimum Gasteiger partial charge on any atom is -0.0622 e. The van der Waals surface area contributed by atoms with Crippen LogP contribution in [0.5, 0.6) is 0 Å². The first-order valence-corrected chi connectivity index (χ1v) is 26.6. The van der Waals surface area contributed by atoms with Gasteiger partial charge >= 0.3 is 0 Å². The molecule has 0 nitrogen and oxygen atoms in total. The second-order valence-electron chi connectivity index (χ2n) is 19.3. The summed E-state index contributed by atoms with van der Waals surface area (Å²) in [6.07, 6.45) is 0. The molecule has 0 atom stereocenters. The molecule has 0 saturated heterocycles. The Morgan fingerprint density at radius 3 is 0.792 bits per heavy atom. The first-order chi connectivity index (χ1) is 37.8. The lowest BCUT2D eigenvalue weighted by Gasteiger charge is -2.08. The van der Waals surface area contributed by atoms with E-state index in [0.717, 1.165) is 0 Å². The highest BCUT2D eigenvalue weighted by Gasteiger charge is 2.05. The molecule has 0 N–H and O–H groups in total. The molecule has 0 heterocycles. The summed E-state index contributed by atoms with van der Waals surface area (Å²) in [5, 5.41) is 0. The van der Waals surface area contributed by atoms with Crippen LogP contribution in [0.4, 0.5) is 0 Å². The predicted molar refractivity (Wildman–Crippen MR) is 334 cm³/mol. The van der Waals surface area contributed by atoms with Crippen molar-refractivity contribution >= 4 is 0 Å². The van der Waals surface area contributed by atoms with E-state index in [0.29, 0.717) is 0 Å². The van der Waals surface area contributed by atoms with Crippen LogP contribution in [0.2, 0.25) is 0 Å². The second-order valence-corrected chi connectivity index (χ2v) is 19.3. The third-order valence-corrected chi connectivity index (χ3v) is 13.2. The molecule has 0 aliphatic heterocycles. The van der Waals surface area contributed by atoms with Gasteiger partial charge in [0.15, 0.2) is 0 Å². The fraction of sp³-hybridized carbons (Fsp3) is 0.0649. The molecule has 0 bridgehead atoms. The largest absolute Gasteiger partial charge is 0.0622 e. The van der Waals surface area contributed by atoms with Gasteiger partial charge < -0.3 is 0 Å². The zero-order valence-corrected chi connectivity index (χ0v) is 45.1. The molecule has 0 amide bonds. The van der Waals surface area contributed by atoms with Gasteiger partial charge in [0.1, 0.15) is 0 Å². The maximum absolute atomic E-state index is 2.26. The second kappa shape index (κ2) is 28.3. The zero-order chi connectivity index (χ0) is 53.4. The Labute approximate surface area is 459 Å². The maximum Gasteiger partial charge on any atom is -0.0155 e. The quantitative estimate of drug-likeness (QED) is 0.149. The number of hydrogen-bond acceptors (Lipinski definition) is 0. The zero-order valence-electron chi connectivity index (χ0n) is 45.1. The van der Waals surface area contributed by atoms with Crippen molar-refractivity contribution in [1.29, 1.82) is 0 Å². The molecule has 0 unspecified atom stereocenters. The van der Waals surface area contributed by atoms with Gasteiger partial charge in [-0.15, -0.1) is 0 Å². The molecule has 0 radical (unpaired) electrons. The van der Waals surface area contributed by atoms with Crippen molar-refractivity contribution in [2.24, 2.45) is 0 Å². The highest BCUT2D eigenvalue weighted by molar-refractivity contribution is 5.75. The van der Waals surface area contributed by atoms with Gasteiger partial charge in [-0.25, -0.2) is 0 Å². The van der Waals surface area contributed by atoms with E-state index in [2.05, 4.69) is 332 Å². The number of hydrogen-bond donors (Lipinski definition) is 0. The normalized spacial score (nSPS) is 10.1. The molecular weight excluding hydrogens is 925 g/mol. The van der Waals surface area contributed by atoms with E-state index in [-0.39, 0.29) is 0 Å². The highest BCUT2D eigenvalue weighted by Crippen LogP contribution is 2.29. The van der Waals surface area contributed by atoms with Crippen LogP contribution >= 0.6 is 0 Å². The monoisotopic (exact) mass is 993 g/mol. The molecular formula is C77H68. The van der Waals surface area contributed by atoms with E-state index in [1.807, 2.05) is 24.3 Å². The first-order valence-electron chi connectivity index (χ1n) is 26.6. The summed E-state index contributed by atoms with van der Waals surface area (Å²) in [5.74, 6) is 0. The predicted octanol–water partition coefficient (Wildman–Crippen LogP) is 21.6. The van der Waals surface area contributed by atoms with E-state index < -0.39 is 0 Å². The topological polar surface area (TPSA) is 0 Å². The van der Waals surface area contributed by atoms with E-state index >= 15 is 0 Å². The number of benzene rings is 12. The van der Waals surface area contributed by atoms with Crippen molar-refractivity contribution in [3.05, 3.63) is 349 Å². The van der Waals surface area contributed by atoms with E-state index in [1.54, 1.807) is 0 Å². The molecule has 12 aromatic carbocycles. The maximum atomic E-state index is 2.26. The van der Waals surface area contributed by atoms with Crippen molar-refractivity contribution in [1.82, 2.24) is 0 Å². The van der Waals surface area contributed by atoms with Crippen LogP contribution in [0.15, 0.2) is 322 Å². The number of rotatable bonds is 7. The minimum absolute atomic E-state index is 1.26. The van der Waals surface area contributed by atoms with E-state index in [9.17, 15) is 0 Å². The summed E-state index contributed by atoms with van der Waals surface area (Å²) in [5.41, 5.74) is 24.4. The molecule has 12 rings (SSSR count). The summed E-state index contributed by atoms with van der Waals surface area (Å²) in [6, 6.07) is 113. The molecule has 376 valence electrons.